The van der Waals surface area contributed by atoms with Crippen LogP contribution < -0.4 is 15.8 Å². The first-order valence-corrected chi connectivity index (χ1v) is 9.55. The Morgan fingerprint density at radius 3 is 2.44 bits per heavy atom. The van der Waals surface area contributed by atoms with Crippen molar-refractivity contribution in [1.82, 2.24) is 0 Å². The zero-order valence-electron chi connectivity index (χ0n) is 17.4. The highest BCUT2D eigenvalue weighted by atomic mass is 16.6. The number of nitro groups is 1. The number of hydrogen-bond donors (Lipinski definition) is 2. The lowest BCUT2D eigenvalue weighted by molar-refractivity contribution is -0.383. The molecule has 0 aliphatic heterocycles. The van der Waals surface area contributed by atoms with Crippen LogP contribution in [0.15, 0.2) is 66.7 Å². The second-order valence-electron chi connectivity index (χ2n) is 6.92. The van der Waals surface area contributed by atoms with Crippen LogP contribution in [-0.4, -0.2) is 23.9 Å². The molecule has 0 aliphatic rings. The predicted molar refractivity (Wildman–Crippen MR) is 118 cm³/mol. The fourth-order valence-electron chi connectivity index (χ4n) is 3.02. The summed E-state index contributed by atoms with van der Waals surface area (Å²) in [6, 6.07) is 17.2. The third-order valence-electron chi connectivity index (χ3n) is 4.64. The highest BCUT2D eigenvalue weighted by molar-refractivity contribution is 5.99. The topological polar surface area (TPSA) is 134 Å². The number of hydrogen-bond acceptors (Lipinski definition) is 7. The van der Waals surface area contributed by atoms with Gasteiger partial charge in [0.05, 0.1) is 23.3 Å². The third-order valence-corrected chi connectivity index (χ3v) is 4.64. The van der Waals surface area contributed by atoms with Crippen LogP contribution in [0.4, 0.5) is 17.1 Å². The molecule has 0 spiro atoms. The molecule has 0 radical (unpaired) electrons. The highest BCUT2D eigenvalue weighted by Gasteiger charge is 2.27. The summed E-state index contributed by atoms with van der Waals surface area (Å²) in [5, 5.41) is 13.9. The van der Waals surface area contributed by atoms with Crippen LogP contribution in [0, 0.1) is 17.0 Å². The van der Waals surface area contributed by atoms with Crippen LogP contribution in [-0.2, 0) is 9.53 Å². The van der Waals surface area contributed by atoms with E-state index in [1.165, 1.54) is 19.2 Å². The monoisotopic (exact) mass is 435 g/mol. The lowest BCUT2D eigenvalue weighted by Crippen LogP contribution is -2.26. The standard InChI is InChI=1S/C23H21N3O6/c1-14-8-11-20(31-2)18(12-14)25-22(27)21(15-6-4-3-5-7-15)32-23(28)16-9-10-17(24)19(13-16)26(29)30/h3-13,21H,24H2,1-2H3,(H,25,27). The van der Waals surface area contributed by atoms with Crippen molar-refractivity contribution < 1.29 is 24.0 Å². The molecule has 0 aromatic heterocycles. The number of benzene rings is 3. The molecule has 3 aromatic rings. The van der Waals surface area contributed by atoms with Gasteiger partial charge in [-0.05, 0) is 36.8 Å². The number of esters is 1. The Morgan fingerprint density at radius 2 is 1.78 bits per heavy atom. The summed E-state index contributed by atoms with van der Waals surface area (Å²) in [5.41, 5.74) is 6.70. The largest absolute Gasteiger partial charge is 0.495 e. The maximum absolute atomic E-state index is 13.1. The Balaban J connectivity index is 1.91. The van der Waals surface area contributed by atoms with Gasteiger partial charge in [0, 0.05) is 11.6 Å². The summed E-state index contributed by atoms with van der Waals surface area (Å²) in [4.78, 5) is 36.3. The molecular weight excluding hydrogens is 414 g/mol. The first-order valence-electron chi connectivity index (χ1n) is 9.55. The maximum Gasteiger partial charge on any atom is 0.339 e. The Morgan fingerprint density at radius 1 is 1.06 bits per heavy atom. The number of nitro benzene ring substituents is 1. The molecular formula is C23H21N3O6. The summed E-state index contributed by atoms with van der Waals surface area (Å²) in [7, 11) is 1.48. The number of carbonyl (C=O) groups is 2. The SMILES string of the molecule is COc1ccc(C)cc1NC(=O)C(OC(=O)c1ccc(N)c([N+](=O)[O-])c1)c1ccccc1. The van der Waals surface area contributed by atoms with E-state index in [9.17, 15) is 19.7 Å². The number of aryl methyl sites for hydroxylation is 1. The van der Waals surface area contributed by atoms with Crippen molar-refractivity contribution >= 4 is 28.9 Å². The molecule has 1 atom stereocenters. The van der Waals surface area contributed by atoms with Gasteiger partial charge in [0.1, 0.15) is 11.4 Å². The van der Waals surface area contributed by atoms with Crippen molar-refractivity contribution in [2.75, 3.05) is 18.2 Å². The van der Waals surface area contributed by atoms with E-state index in [1.807, 2.05) is 13.0 Å². The van der Waals surface area contributed by atoms with Crippen LogP contribution in [0.25, 0.3) is 0 Å². The van der Waals surface area contributed by atoms with Gasteiger partial charge in [-0.3, -0.25) is 14.9 Å². The van der Waals surface area contributed by atoms with Gasteiger partial charge in [-0.2, -0.15) is 0 Å². The summed E-state index contributed by atoms with van der Waals surface area (Å²) < 4.78 is 10.8. The highest BCUT2D eigenvalue weighted by Crippen LogP contribution is 2.29. The smallest absolute Gasteiger partial charge is 0.339 e. The molecule has 1 amide bonds. The quantitative estimate of drug-likeness (QED) is 0.248. The van der Waals surface area contributed by atoms with Gasteiger partial charge in [-0.25, -0.2) is 4.79 Å². The molecule has 9 heteroatoms. The number of ether oxygens (including phenoxy) is 2. The van der Waals surface area contributed by atoms with Crippen molar-refractivity contribution in [1.29, 1.82) is 0 Å². The molecule has 0 saturated carbocycles. The molecule has 9 nitrogen and oxygen atoms in total. The minimum absolute atomic E-state index is 0.0876. The number of carbonyl (C=O) groups excluding carboxylic acids is 2. The number of anilines is 2. The number of nitrogens with one attached hydrogen (secondary N) is 1. The van der Waals surface area contributed by atoms with Gasteiger partial charge in [0.25, 0.3) is 11.6 Å². The van der Waals surface area contributed by atoms with Gasteiger partial charge in [-0.1, -0.05) is 36.4 Å². The Bertz CT molecular complexity index is 1160. The fraction of sp³-hybridized carbons (Fsp3) is 0.130. The minimum atomic E-state index is -1.31. The third kappa shape index (κ3) is 5.01. The molecule has 0 heterocycles. The molecule has 0 aliphatic carbocycles. The van der Waals surface area contributed by atoms with Gasteiger partial charge in [0.2, 0.25) is 6.10 Å². The van der Waals surface area contributed by atoms with Crippen molar-refractivity contribution in [3.05, 3.63) is 93.5 Å². The molecule has 3 aromatic carbocycles. The lowest BCUT2D eigenvalue weighted by atomic mass is 10.1. The van der Waals surface area contributed by atoms with E-state index in [2.05, 4.69) is 5.32 Å². The van der Waals surface area contributed by atoms with Crippen molar-refractivity contribution in [2.45, 2.75) is 13.0 Å². The molecule has 0 bridgehead atoms. The van der Waals surface area contributed by atoms with Crippen molar-refractivity contribution in [2.24, 2.45) is 0 Å². The number of rotatable bonds is 7. The van der Waals surface area contributed by atoms with E-state index >= 15 is 0 Å². The second-order valence-corrected chi connectivity index (χ2v) is 6.92. The van der Waals surface area contributed by atoms with E-state index < -0.39 is 28.6 Å². The first kappa shape index (κ1) is 22.3. The molecule has 32 heavy (non-hydrogen) atoms. The zero-order chi connectivity index (χ0) is 23.3. The average Bonchev–Trinajstić information content (AvgIpc) is 2.78. The molecule has 1 unspecified atom stereocenters. The van der Waals surface area contributed by atoms with E-state index in [1.54, 1.807) is 42.5 Å². The summed E-state index contributed by atoms with van der Waals surface area (Å²) in [5.74, 6) is -1.08. The fourth-order valence-corrected chi connectivity index (χ4v) is 3.02. The van der Waals surface area contributed by atoms with Crippen LogP contribution in [0.5, 0.6) is 5.75 Å². The zero-order valence-corrected chi connectivity index (χ0v) is 17.4. The lowest BCUT2D eigenvalue weighted by Gasteiger charge is -2.19. The Labute approximate surface area is 183 Å². The van der Waals surface area contributed by atoms with Gasteiger partial charge < -0.3 is 20.5 Å². The van der Waals surface area contributed by atoms with Crippen LogP contribution in [0.2, 0.25) is 0 Å². The molecule has 0 saturated heterocycles. The first-order chi connectivity index (χ1) is 15.3. The van der Waals surface area contributed by atoms with E-state index in [0.29, 0.717) is 17.0 Å². The molecule has 164 valence electrons. The van der Waals surface area contributed by atoms with Gasteiger partial charge in [-0.15, -0.1) is 0 Å². The Kier molecular flexibility index (Phi) is 6.69. The predicted octanol–water partition coefficient (Wildman–Crippen LogP) is 4.03. The number of nitrogen functional groups attached to an aromatic ring is 1. The van der Waals surface area contributed by atoms with Crippen molar-refractivity contribution in [3.8, 4) is 5.75 Å². The van der Waals surface area contributed by atoms with Crippen molar-refractivity contribution in [3.63, 3.8) is 0 Å². The van der Waals surface area contributed by atoms with Crippen LogP contribution in [0.1, 0.15) is 27.6 Å². The minimum Gasteiger partial charge on any atom is -0.495 e. The average molecular weight is 435 g/mol. The number of amides is 1. The van der Waals surface area contributed by atoms with E-state index in [-0.39, 0.29) is 11.3 Å². The number of nitrogens with two attached hydrogens (primary N) is 1. The van der Waals surface area contributed by atoms with Gasteiger partial charge in [0.15, 0.2) is 0 Å². The van der Waals surface area contributed by atoms with Crippen LogP contribution in [0.3, 0.4) is 0 Å². The van der Waals surface area contributed by atoms with Gasteiger partial charge >= 0.3 is 5.97 Å². The summed E-state index contributed by atoms with van der Waals surface area (Å²) >= 11 is 0. The van der Waals surface area contributed by atoms with E-state index in [0.717, 1.165) is 11.6 Å². The summed E-state index contributed by atoms with van der Waals surface area (Å²) in [6.45, 7) is 1.86. The normalized spacial score (nSPS) is 11.3. The van der Waals surface area contributed by atoms with E-state index in [4.69, 9.17) is 15.2 Å². The maximum atomic E-state index is 13.1. The molecule has 0 fully saturated rings. The molecule has 3 rings (SSSR count). The number of methoxy groups -OCH3 is 1. The number of nitrogens with zero attached hydrogens (tertiary/aromatic N) is 1. The molecule has 3 N–H and O–H groups in total. The second kappa shape index (κ2) is 9.61. The Hall–Kier alpha value is -4.40. The van der Waals surface area contributed by atoms with Crippen LogP contribution >= 0.6 is 0 Å². The summed E-state index contributed by atoms with van der Waals surface area (Å²) in [6.07, 6.45) is -1.31.